The third-order valence-electron chi connectivity index (χ3n) is 7.28. The Morgan fingerprint density at radius 2 is 2.05 bits per heavy atom. The van der Waals surface area contributed by atoms with Crippen LogP contribution in [0, 0.1) is 10.1 Å². The first-order valence-electron chi connectivity index (χ1n) is 13.0. The number of hydrogen-bond donors (Lipinski definition) is 0. The van der Waals surface area contributed by atoms with Crippen LogP contribution in [0.15, 0.2) is 59.5 Å². The van der Waals surface area contributed by atoms with E-state index < -0.39 is 40.6 Å². The van der Waals surface area contributed by atoms with Gasteiger partial charge in [0.25, 0.3) is 11.8 Å². The Balaban J connectivity index is 1.69. The van der Waals surface area contributed by atoms with Gasteiger partial charge in [0.1, 0.15) is 5.82 Å². The number of allylic oxidation sites excluding steroid dienone is 2. The van der Waals surface area contributed by atoms with Crippen LogP contribution in [-0.2, 0) is 16.9 Å². The van der Waals surface area contributed by atoms with Crippen LogP contribution in [-0.4, -0.2) is 38.9 Å². The van der Waals surface area contributed by atoms with Gasteiger partial charge in [-0.25, -0.2) is 4.98 Å². The van der Waals surface area contributed by atoms with E-state index in [1.165, 1.54) is 6.07 Å². The van der Waals surface area contributed by atoms with E-state index in [0.29, 0.717) is 35.5 Å². The minimum atomic E-state index is -4.94. The van der Waals surface area contributed by atoms with E-state index in [2.05, 4.69) is 26.7 Å². The average Bonchev–Trinajstić information content (AvgIpc) is 3.59. The monoisotopic (exact) mass is 555 g/mol. The van der Waals surface area contributed by atoms with Crippen LogP contribution in [0.4, 0.5) is 24.7 Å². The molecule has 3 aromatic rings. The Labute approximate surface area is 228 Å². The van der Waals surface area contributed by atoms with E-state index in [9.17, 15) is 23.3 Å². The van der Waals surface area contributed by atoms with E-state index >= 15 is 0 Å². The molecule has 40 heavy (non-hydrogen) atoms. The van der Waals surface area contributed by atoms with Crippen molar-refractivity contribution in [1.82, 2.24) is 15.2 Å². The molecule has 2 aliphatic heterocycles. The van der Waals surface area contributed by atoms with Gasteiger partial charge in [-0.2, -0.15) is 13.2 Å². The van der Waals surface area contributed by atoms with Gasteiger partial charge in [-0.05, 0) is 50.2 Å². The molecular weight excluding hydrogens is 527 g/mol. The van der Waals surface area contributed by atoms with Gasteiger partial charge >= 0.3 is 11.9 Å². The van der Waals surface area contributed by atoms with E-state index in [0.717, 1.165) is 12.8 Å². The molecule has 5 rings (SSSR count). The predicted molar refractivity (Wildman–Crippen MR) is 141 cm³/mol. The van der Waals surface area contributed by atoms with Crippen molar-refractivity contribution in [3.8, 4) is 11.6 Å². The van der Waals surface area contributed by atoms with Gasteiger partial charge in [0.15, 0.2) is 0 Å². The maximum Gasteiger partial charge on any atom is 0.426 e. The number of pyridine rings is 1. The third kappa shape index (κ3) is 5.10. The van der Waals surface area contributed by atoms with Gasteiger partial charge in [0.05, 0.1) is 11.5 Å². The second-order valence-electron chi connectivity index (χ2n) is 10.0. The molecule has 1 aromatic carbocycles. The van der Waals surface area contributed by atoms with E-state index in [-0.39, 0.29) is 24.8 Å². The van der Waals surface area contributed by atoms with Crippen LogP contribution in [0.5, 0.6) is 0 Å². The highest BCUT2D eigenvalue weighted by Gasteiger charge is 2.61. The van der Waals surface area contributed by atoms with Gasteiger partial charge in [-0.3, -0.25) is 10.1 Å². The molecule has 1 fully saturated rings. The average molecular weight is 556 g/mol. The zero-order valence-corrected chi connectivity index (χ0v) is 21.9. The first-order chi connectivity index (χ1) is 19.1. The third-order valence-corrected chi connectivity index (χ3v) is 7.28. The van der Waals surface area contributed by atoms with E-state index in [4.69, 9.17) is 9.15 Å². The van der Waals surface area contributed by atoms with Crippen molar-refractivity contribution in [2.75, 3.05) is 11.4 Å². The fraction of sp³-hybridized carbons (Fsp3) is 0.393. The van der Waals surface area contributed by atoms with Crippen LogP contribution in [0.1, 0.15) is 56.0 Å². The first kappa shape index (κ1) is 27.5. The summed E-state index contributed by atoms with van der Waals surface area (Å²) in [5.41, 5.74) is -2.15. The normalized spacial score (nSPS) is 21.9. The maximum atomic E-state index is 14.9. The zero-order chi connectivity index (χ0) is 28.5. The Morgan fingerprint density at radius 3 is 2.75 bits per heavy atom. The summed E-state index contributed by atoms with van der Waals surface area (Å²) in [4.78, 5) is 18.0. The number of benzene rings is 1. The van der Waals surface area contributed by atoms with Gasteiger partial charge in [-0.15, -0.1) is 10.2 Å². The lowest BCUT2D eigenvalue weighted by Crippen LogP contribution is -2.45. The van der Waals surface area contributed by atoms with Gasteiger partial charge in [0.2, 0.25) is 11.3 Å². The summed E-state index contributed by atoms with van der Waals surface area (Å²) < 4.78 is 55.8. The van der Waals surface area contributed by atoms with Crippen LogP contribution in [0.2, 0.25) is 0 Å². The number of anilines is 1. The summed E-state index contributed by atoms with van der Waals surface area (Å²) in [5.74, 6) is -0.878. The number of nitro groups is 1. The number of halogens is 3. The van der Waals surface area contributed by atoms with Crippen LogP contribution >= 0.6 is 0 Å². The molecule has 1 unspecified atom stereocenters. The van der Waals surface area contributed by atoms with Crippen molar-refractivity contribution >= 4 is 17.1 Å². The van der Waals surface area contributed by atoms with Gasteiger partial charge in [-0.1, -0.05) is 49.1 Å². The van der Waals surface area contributed by atoms with Crippen molar-refractivity contribution in [2.24, 2.45) is 0 Å². The van der Waals surface area contributed by atoms with Gasteiger partial charge < -0.3 is 14.1 Å². The highest BCUT2D eigenvalue weighted by molar-refractivity contribution is 5.79. The number of hydrogen-bond acceptors (Lipinski definition) is 8. The van der Waals surface area contributed by atoms with Crippen molar-refractivity contribution in [3.05, 3.63) is 82.3 Å². The Morgan fingerprint density at radius 1 is 1.27 bits per heavy atom. The summed E-state index contributed by atoms with van der Waals surface area (Å²) in [6.45, 7) is 5.99. The zero-order valence-electron chi connectivity index (χ0n) is 21.9. The standard InChI is InChI=1S/C28H28F3N5O4/c1-18(2)21-16-22(36(37)38)23-25-33-34-26(40-25)27(28(29,30)31,39-17-19-10-5-3-6-11-19)14-8-4-7-12-20-13-9-15-35(20)24(21)32-23/h3-7,10-11,16,20H,1,8-9,12-15,17H2,2H3/b7-4-/t20-,27?/m1/s1. The topological polar surface area (TPSA) is 107 Å². The first-order valence-corrected chi connectivity index (χ1v) is 13.0. The van der Waals surface area contributed by atoms with Crippen molar-refractivity contribution in [3.63, 3.8) is 0 Å². The summed E-state index contributed by atoms with van der Waals surface area (Å²) in [7, 11) is 0. The fourth-order valence-corrected chi connectivity index (χ4v) is 5.19. The quantitative estimate of drug-likeness (QED) is 0.193. The second-order valence-corrected chi connectivity index (χ2v) is 10.0. The van der Waals surface area contributed by atoms with Crippen LogP contribution < -0.4 is 4.90 Å². The Bertz CT molecular complexity index is 1440. The molecule has 4 bridgehead atoms. The number of nitrogens with zero attached hydrogens (tertiary/aromatic N) is 5. The molecule has 2 atom stereocenters. The molecule has 12 heteroatoms. The largest absolute Gasteiger partial charge is 0.426 e. The lowest BCUT2D eigenvalue weighted by molar-refractivity contribution is -0.384. The maximum absolute atomic E-state index is 14.9. The molecule has 4 heterocycles. The van der Waals surface area contributed by atoms with Gasteiger partial charge in [0, 0.05) is 24.2 Å². The molecule has 2 aromatic heterocycles. The number of fused-ring (bicyclic) bond motifs is 7. The molecule has 0 N–H and O–H groups in total. The molecular formula is C28H28F3N5O4. The molecule has 0 radical (unpaired) electrons. The van der Waals surface area contributed by atoms with Crippen molar-refractivity contribution < 1.29 is 27.2 Å². The molecule has 0 amide bonds. The highest BCUT2D eigenvalue weighted by atomic mass is 19.4. The lowest BCUT2D eigenvalue weighted by atomic mass is 9.95. The molecule has 1 saturated heterocycles. The number of alkyl halides is 3. The summed E-state index contributed by atoms with van der Waals surface area (Å²) in [5, 5.41) is 19.6. The summed E-state index contributed by atoms with van der Waals surface area (Å²) in [6.07, 6.45) is 0.422. The number of aromatic nitrogens is 3. The molecule has 0 aliphatic carbocycles. The smallest absolute Gasteiger partial charge is 0.415 e. The van der Waals surface area contributed by atoms with Crippen molar-refractivity contribution in [2.45, 2.75) is 63.5 Å². The van der Waals surface area contributed by atoms with Crippen LogP contribution in [0.3, 0.4) is 0 Å². The molecule has 0 spiro atoms. The Kier molecular flexibility index (Phi) is 7.45. The molecule has 210 valence electrons. The SMILES string of the molecule is C=C(C)c1cc([N+](=O)[O-])c2nc1N1CCC[C@H]1C/C=C\CCC(OCc1ccccc1)(C(F)(F)F)c1nnc-2o1. The van der Waals surface area contributed by atoms with E-state index in [1.807, 2.05) is 6.08 Å². The van der Waals surface area contributed by atoms with Crippen molar-refractivity contribution in [1.29, 1.82) is 0 Å². The number of rotatable bonds is 5. The minimum absolute atomic E-state index is 0.0130. The Hall–Kier alpha value is -4.06. The second kappa shape index (κ2) is 10.8. The van der Waals surface area contributed by atoms with Crippen LogP contribution in [0.25, 0.3) is 17.2 Å². The van der Waals surface area contributed by atoms with E-state index in [1.54, 1.807) is 43.3 Å². The lowest BCUT2D eigenvalue weighted by Gasteiger charge is -2.32. The predicted octanol–water partition coefficient (Wildman–Crippen LogP) is 6.76. The highest BCUT2D eigenvalue weighted by Crippen LogP contribution is 2.47. The number of ether oxygens (including phenoxy) is 1. The molecule has 9 nitrogen and oxygen atoms in total. The summed E-state index contributed by atoms with van der Waals surface area (Å²) in [6, 6.07) is 9.78. The molecule has 2 aliphatic rings. The fourth-order valence-electron chi connectivity index (χ4n) is 5.19. The summed E-state index contributed by atoms with van der Waals surface area (Å²) >= 11 is 0. The minimum Gasteiger partial charge on any atom is -0.415 e. The molecule has 0 saturated carbocycles.